The van der Waals surface area contributed by atoms with Crippen molar-refractivity contribution < 1.29 is 4.39 Å². The van der Waals surface area contributed by atoms with Gasteiger partial charge < -0.3 is 5.73 Å². The monoisotopic (exact) mass is 342 g/mol. The van der Waals surface area contributed by atoms with Crippen LogP contribution in [0.15, 0.2) is 22.7 Å². The van der Waals surface area contributed by atoms with E-state index in [1.54, 1.807) is 6.07 Å². The summed E-state index contributed by atoms with van der Waals surface area (Å²) in [5.74, 6) is 0.227. The zero-order valence-electron chi connectivity index (χ0n) is 12.1. The highest BCUT2D eigenvalue weighted by Gasteiger charge is 2.31. The Labute approximate surface area is 129 Å². The van der Waals surface area contributed by atoms with Gasteiger partial charge in [-0.15, -0.1) is 0 Å². The molecular formula is C16H24BrFN2. The predicted molar refractivity (Wildman–Crippen MR) is 85.1 cm³/mol. The van der Waals surface area contributed by atoms with Gasteiger partial charge in [0.2, 0.25) is 0 Å². The topological polar surface area (TPSA) is 29.3 Å². The van der Waals surface area contributed by atoms with E-state index >= 15 is 0 Å². The fourth-order valence-corrected chi connectivity index (χ4v) is 3.63. The molecule has 2 nitrogen and oxygen atoms in total. The molecule has 20 heavy (non-hydrogen) atoms. The number of hydrogen-bond donors (Lipinski definition) is 1. The summed E-state index contributed by atoms with van der Waals surface area (Å²) in [5, 5.41) is 0. The second-order valence-corrected chi connectivity index (χ2v) is 6.55. The second kappa shape index (κ2) is 7.53. The summed E-state index contributed by atoms with van der Waals surface area (Å²) >= 11 is 3.34. The molecule has 0 radical (unpaired) electrons. The first kappa shape index (κ1) is 15.9. The Kier molecular flexibility index (Phi) is 6.00. The molecule has 0 amide bonds. The van der Waals surface area contributed by atoms with Crippen molar-refractivity contribution in [1.82, 2.24) is 4.90 Å². The van der Waals surface area contributed by atoms with Gasteiger partial charge in [0.1, 0.15) is 5.82 Å². The van der Waals surface area contributed by atoms with Crippen molar-refractivity contribution in [2.45, 2.75) is 38.6 Å². The van der Waals surface area contributed by atoms with E-state index in [1.807, 2.05) is 12.1 Å². The Balaban J connectivity index is 2.37. The van der Waals surface area contributed by atoms with E-state index in [9.17, 15) is 4.39 Å². The van der Waals surface area contributed by atoms with Crippen LogP contribution in [0.2, 0.25) is 0 Å². The maximum atomic E-state index is 14.4. The highest BCUT2D eigenvalue weighted by molar-refractivity contribution is 9.10. The molecule has 1 saturated heterocycles. The van der Waals surface area contributed by atoms with Gasteiger partial charge in [0.25, 0.3) is 0 Å². The Morgan fingerprint density at radius 3 is 2.85 bits per heavy atom. The molecule has 1 heterocycles. The highest BCUT2D eigenvalue weighted by atomic mass is 79.9. The standard InChI is InChI=1S/C16H24BrFN2/c1-2-8-20-9-4-3-5-12(11-19)16(20)14-7-6-13(17)10-15(14)18/h6-7,10,12,16H,2-5,8-9,11,19H2,1H3. The molecule has 1 aromatic carbocycles. The largest absolute Gasteiger partial charge is 0.330 e. The molecule has 0 saturated carbocycles. The molecule has 0 spiro atoms. The lowest BCUT2D eigenvalue weighted by Crippen LogP contribution is -2.36. The first-order chi connectivity index (χ1) is 9.67. The summed E-state index contributed by atoms with van der Waals surface area (Å²) < 4.78 is 15.2. The molecule has 4 heteroatoms. The normalized spacial score (nSPS) is 24.6. The van der Waals surface area contributed by atoms with Crippen molar-refractivity contribution in [3.63, 3.8) is 0 Å². The SMILES string of the molecule is CCCN1CCCCC(CN)C1c1ccc(Br)cc1F. The molecule has 2 unspecified atom stereocenters. The lowest BCUT2D eigenvalue weighted by atomic mass is 9.89. The molecule has 1 fully saturated rings. The maximum Gasteiger partial charge on any atom is 0.129 e. The van der Waals surface area contributed by atoms with Crippen molar-refractivity contribution in [2.24, 2.45) is 11.7 Å². The zero-order chi connectivity index (χ0) is 14.5. The fraction of sp³-hybridized carbons (Fsp3) is 0.625. The third kappa shape index (κ3) is 3.60. The van der Waals surface area contributed by atoms with Crippen molar-refractivity contribution >= 4 is 15.9 Å². The summed E-state index contributed by atoms with van der Waals surface area (Å²) in [7, 11) is 0. The number of halogens is 2. The van der Waals surface area contributed by atoms with E-state index in [0.717, 1.165) is 36.0 Å². The van der Waals surface area contributed by atoms with Gasteiger partial charge in [-0.05, 0) is 56.9 Å². The molecule has 2 rings (SSSR count). The van der Waals surface area contributed by atoms with E-state index in [0.29, 0.717) is 12.5 Å². The lowest BCUT2D eigenvalue weighted by molar-refractivity contribution is 0.154. The average molecular weight is 343 g/mol. The number of nitrogens with zero attached hydrogens (tertiary/aromatic N) is 1. The third-order valence-electron chi connectivity index (χ3n) is 4.20. The minimum Gasteiger partial charge on any atom is -0.330 e. The highest BCUT2D eigenvalue weighted by Crippen LogP contribution is 2.36. The van der Waals surface area contributed by atoms with Crippen LogP contribution in [0.5, 0.6) is 0 Å². The predicted octanol–water partition coefficient (Wildman–Crippen LogP) is 4.10. The minimum absolute atomic E-state index is 0.120. The van der Waals surface area contributed by atoms with Gasteiger partial charge >= 0.3 is 0 Å². The number of benzene rings is 1. The summed E-state index contributed by atoms with van der Waals surface area (Å²) in [4.78, 5) is 2.43. The molecule has 112 valence electrons. The average Bonchev–Trinajstić information content (AvgIpc) is 2.62. The molecule has 1 aliphatic heterocycles. The Morgan fingerprint density at radius 1 is 1.40 bits per heavy atom. The number of hydrogen-bond acceptors (Lipinski definition) is 2. The van der Waals surface area contributed by atoms with E-state index < -0.39 is 0 Å². The summed E-state index contributed by atoms with van der Waals surface area (Å²) in [5.41, 5.74) is 6.79. The van der Waals surface area contributed by atoms with Crippen LogP contribution < -0.4 is 5.73 Å². The zero-order valence-corrected chi connectivity index (χ0v) is 13.7. The molecule has 0 aliphatic carbocycles. The van der Waals surface area contributed by atoms with Crippen molar-refractivity contribution in [3.05, 3.63) is 34.1 Å². The third-order valence-corrected chi connectivity index (χ3v) is 4.70. The van der Waals surface area contributed by atoms with Crippen LogP contribution in [-0.4, -0.2) is 24.5 Å². The van der Waals surface area contributed by atoms with Gasteiger partial charge in [0.05, 0.1) is 0 Å². The van der Waals surface area contributed by atoms with E-state index in [1.165, 1.54) is 12.8 Å². The second-order valence-electron chi connectivity index (χ2n) is 5.64. The van der Waals surface area contributed by atoms with Crippen LogP contribution in [-0.2, 0) is 0 Å². The first-order valence-corrected chi connectivity index (χ1v) is 8.35. The molecular weight excluding hydrogens is 319 g/mol. The Bertz CT molecular complexity index is 438. The van der Waals surface area contributed by atoms with Crippen LogP contribution in [0.1, 0.15) is 44.2 Å². The van der Waals surface area contributed by atoms with Crippen molar-refractivity contribution in [2.75, 3.05) is 19.6 Å². The van der Waals surface area contributed by atoms with Gasteiger partial charge in [0, 0.05) is 16.1 Å². The summed E-state index contributed by atoms with van der Waals surface area (Å²) in [6.07, 6.45) is 4.56. The summed E-state index contributed by atoms with van der Waals surface area (Å²) in [6.45, 7) is 4.86. The quantitative estimate of drug-likeness (QED) is 0.892. The maximum absolute atomic E-state index is 14.4. The van der Waals surface area contributed by atoms with E-state index in [2.05, 4.69) is 27.8 Å². The molecule has 1 aromatic rings. The van der Waals surface area contributed by atoms with Crippen LogP contribution in [0.3, 0.4) is 0 Å². The van der Waals surface area contributed by atoms with Gasteiger partial charge in [-0.3, -0.25) is 4.90 Å². The van der Waals surface area contributed by atoms with Gasteiger partial charge in [-0.1, -0.05) is 35.3 Å². The van der Waals surface area contributed by atoms with Crippen LogP contribution >= 0.6 is 15.9 Å². The van der Waals surface area contributed by atoms with E-state index in [-0.39, 0.29) is 11.9 Å². The number of rotatable bonds is 4. The van der Waals surface area contributed by atoms with Crippen molar-refractivity contribution in [3.8, 4) is 0 Å². The van der Waals surface area contributed by atoms with Gasteiger partial charge in [-0.25, -0.2) is 4.39 Å². The van der Waals surface area contributed by atoms with Crippen molar-refractivity contribution in [1.29, 1.82) is 0 Å². The molecule has 0 aromatic heterocycles. The number of likely N-dealkylation sites (tertiary alicyclic amines) is 1. The van der Waals surface area contributed by atoms with Crippen LogP contribution in [0.25, 0.3) is 0 Å². The summed E-state index contributed by atoms with van der Waals surface area (Å²) in [6, 6.07) is 5.54. The Hall–Kier alpha value is -0.450. The van der Waals surface area contributed by atoms with E-state index in [4.69, 9.17) is 5.73 Å². The van der Waals surface area contributed by atoms with Crippen LogP contribution in [0, 0.1) is 11.7 Å². The van der Waals surface area contributed by atoms with Crippen LogP contribution in [0.4, 0.5) is 4.39 Å². The first-order valence-electron chi connectivity index (χ1n) is 7.56. The number of nitrogens with two attached hydrogens (primary N) is 1. The molecule has 0 bridgehead atoms. The minimum atomic E-state index is -0.120. The molecule has 1 aliphatic rings. The van der Waals surface area contributed by atoms with Gasteiger partial charge in [0.15, 0.2) is 0 Å². The molecule has 2 N–H and O–H groups in total. The Morgan fingerprint density at radius 2 is 2.20 bits per heavy atom. The van der Waals surface area contributed by atoms with Gasteiger partial charge in [-0.2, -0.15) is 0 Å². The molecule has 2 atom stereocenters. The lowest BCUT2D eigenvalue weighted by Gasteiger charge is -2.35. The fourth-order valence-electron chi connectivity index (χ4n) is 3.29. The smallest absolute Gasteiger partial charge is 0.129 e.